The Bertz CT molecular complexity index is 1130. The van der Waals surface area contributed by atoms with Crippen molar-refractivity contribution in [2.24, 2.45) is 5.41 Å². The molecule has 7 nitrogen and oxygen atoms in total. The second-order valence-electron chi connectivity index (χ2n) is 9.75. The van der Waals surface area contributed by atoms with Crippen LogP contribution in [0.3, 0.4) is 0 Å². The van der Waals surface area contributed by atoms with Crippen LogP contribution in [-0.4, -0.2) is 45.8 Å². The van der Waals surface area contributed by atoms with Crippen molar-refractivity contribution < 1.29 is 14.6 Å². The number of nitrogens with one attached hydrogen (secondary N) is 1. The van der Waals surface area contributed by atoms with Crippen molar-refractivity contribution in [2.75, 3.05) is 19.0 Å². The molecule has 1 aromatic heterocycles. The molecule has 34 heavy (non-hydrogen) atoms. The van der Waals surface area contributed by atoms with E-state index in [0.717, 1.165) is 35.5 Å². The lowest BCUT2D eigenvalue weighted by Crippen LogP contribution is -2.53. The maximum Gasteiger partial charge on any atom is 0.407 e. The molecular formula is C27H32N4O3. The number of benzene rings is 2. The molecule has 1 saturated heterocycles. The van der Waals surface area contributed by atoms with Crippen molar-refractivity contribution in [3.63, 3.8) is 0 Å². The molecule has 1 amide bonds. The zero-order chi connectivity index (χ0) is 24.3. The number of anilines is 2. The zero-order valence-electron chi connectivity index (χ0n) is 20.2. The lowest BCUT2D eigenvalue weighted by atomic mass is 9.73. The van der Waals surface area contributed by atoms with Crippen molar-refractivity contribution in [3.05, 3.63) is 66.5 Å². The highest BCUT2D eigenvalue weighted by atomic mass is 16.5. The number of carbonyl (C=O) groups is 1. The monoisotopic (exact) mass is 460 g/mol. The average molecular weight is 461 g/mol. The molecule has 2 heterocycles. The van der Waals surface area contributed by atoms with Crippen molar-refractivity contribution >= 4 is 17.6 Å². The number of hydrogen-bond donors (Lipinski definition) is 2. The molecule has 2 atom stereocenters. The Balaban J connectivity index is 1.78. The van der Waals surface area contributed by atoms with E-state index in [0.29, 0.717) is 18.2 Å². The lowest BCUT2D eigenvalue weighted by molar-refractivity contribution is 0.0438. The molecule has 2 N–H and O–H groups in total. The van der Waals surface area contributed by atoms with Crippen molar-refractivity contribution in [2.45, 2.75) is 45.6 Å². The van der Waals surface area contributed by atoms with Crippen molar-refractivity contribution in [1.29, 1.82) is 0 Å². The number of hydrogen-bond acceptors (Lipinski definition) is 5. The van der Waals surface area contributed by atoms with Gasteiger partial charge in [-0.25, -0.2) is 14.8 Å². The average Bonchev–Trinajstić information content (AvgIpc) is 2.84. The van der Waals surface area contributed by atoms with Gasteiger partial charge >= 0.3 is 6.09 Å². The third kappa shape index (κ3) is 5.14. The van der Waals surface area contributed by atoms with E-state index in [4.69, 9.17) is 14.7 Å². The first kappa shape index (κ1) is 23.5. The highest BCUT2D eigenvalue weighted by Crippen LogP contribution is 2.41. The summed E-state index contributed by atoms with van der Waals surface area (Å²) < 4.78 is 5.26. The molecule has 0 saturated carbocycles. The van der Waals surface area contributed by atoms with E-state index in [2.05, 4.69) is 26.1 Å². The highest BCUT2D eigenvalue weighted by Gasteiger charge is 2.43. The molecule has 178 valence electrons. The third-order valence-corrected chi connectivity index (χ3v) is 6.27. The standard InChI is InChI=1S/C27H32N4O3/c1-27(2,3)24-21(11-8-16-31(24)26(32)33)25-29-22(18-9-6-5-7-10-18)17-23(30-25)28-19-12-14-20(34-4)15-13-19/h5-7,9-10,12-15,17,21,24H,8,11,16H2,1-4H3,(H,32,33)(H,28,29,30). The number of rotatable bonds is 5. The lowest BCUT2D eigenvalue weighted by Gasteiger charge is -2.46. The molecule has 1 fully saturated rings. The van der Waals surface area contributed by atoms with Crippen LogP contribution in [0.1, 0.15) is 45.4 Å². The van der Waals surface area contributed by atoms with Gasteiger partial charge in [0.25, 0.3) is 0 Å². The first-order chi connectivity index (χ1) is 16.3. The van der Waals surface area contributed by atoms with Gasteiger partial charge in [-0.2, -0.15) is 0 Å². The van der Waals surface area contributed by atoms with E-state index < -0.39 is 6.09 Å². The highest BCUT2D eigenvalue weighted by molar-refractivity contribution is 5.67. The molecule has 0 aliphatic carbocycles. The Morgan fingerprint density at radius 1 is 1.09 bits per heavy atom. The number of carboxylic acid groups (broad SMARTS) is 1. The first-order valence-electron chi connectivity index (χ1n) is 11.6. The van der Waals surface area contributed by atoms with Gasteiger partial charge in [0.15, 0.2) is 0 Å². The predicted octanol–water partition coefficient (Wildman–Crippen LogP) is 6.17. The first-order valence-corrected chi connectivity index (χ1v) is 11.6. The Hall–Kier alpha value is -3.61. The smallest absolute Gasteiger partial charge is 0.407 e. The molecule has 3 aromatic rings. The summed E-state index contributed by atoms with van der Waals surface area (Å²) in [6, 6.07) is 19.4. The van der Waals surface area contributed by atoms with Crippen LogP contribution in [0.5, 0.6) is 5.75 Å². The minimum atomic E-state index is -0.888. The van der Waals surface area contributed by atoms with E-state index in [-0.39, 0.29) is 17.4 Å². The maximum atomic E-state index is 12.1. The van der Waals surface area contributed by atoms with Gasteiger partial charge in [0.2, 0.25) is 0 Å². The van der Waals surface area contributed by atoms with Crippen LogP contribution < -0.4 is 10.1 Å². The molecule has 2 aromatic carbocycles. The number of likely N-dealkylation sites (tertiary alicyclic amines) is 1. The Morgan fingerprint density at radius 2 is 1.79 bits per heavy atom. The summed E-state index contributed by atoms with van der Waals surface area (Å²) in [7, 11) is 1.64. The molecule has 0 spiro atoms. The summed E-state index contributed by atoms with van der Waals surface area (Å²) in [4.78, 5) is 23.5. The molecule has 1 aliphatic rings. The van der Waals surface area contributed by atoms with E-state index in [1.807, 2.05) is 60.7 Å². The number of methoxy groups -OCH3 is 1. The molecule has 7 heteroatoms. The van der Waals surface area contributed by atoms with Gasteiger partial charge in [-0.1, -0.05) is 51.1 Å². The van der Waals surface area contributed by atoms with Crippen LogP contribution >= 0.6 is 0 Å². The fraction of sp³-hybridized carbons (Fsp3) is 0.370. The van der Waals surface area contributed by atoms with E-state index in [1.54, 1.807) is 12.0 Å². The minimum absolute atomic E-state index is 0.107. The third-order valence-electron chi connectivity index (χ3n) is 6.27. The van der Waals surface area contributed by atoms with Gasteiger partial charge in [0.05, 0.1) is 12.8 Å². The summed E-state index contributed by atoms with van der Waals surface area (Å²) in [6.07, 6.45) is 0.732. The molecule has 1 aliphatic heterocycles. The predicted molar refractivity (Wildman–Crippen MR) is 134 cm³/mol. The number of amides is 1. The van der Waals surface area contributed by atoms with Crippen LogP contribution in [-0.2, 0) is 0 Å². The summed E-state index contributed by atoms with van der Waals surface area (Å²) >= 11 is 0. The summed E-state index contributed by atoms with van der Waals surface area (Å²) in [6.45, 7) is 6.79. The molecule has 2 unspecified atom stereocenters. The normalized spacial score (nSPS) is 18.4. The molecule has 0 radical (unpaired) electrons. The quantitative estimate of drug-likeness (QED) is 0.474. The van der Waals surface area contributed by atoms with Gasteiger partial charge < -0.3 is 20.1 Å². The van der Waals surface area contributed by atoms with Crippen LogP contribution in [0.25, 0.3) is 11.3 Å². The largest absolute Gasteiger partial charge is 0.497 e. The Kier molecular flexibility index (Phi) is 6.72. The second kappa shape index (κ2) is 9.71. The number of aromatic nitrogens is 2. The fourth-order valence-corrected chi connectivity index (χ4v) is 4.83. The van der Waals surface area contributed by atoms with E-state index in [1.165, 1.54) is 0 Å². The molecular weight excluding hydrogens is 428 g/mol. The van der Waals surface area contributed by atoms with Gasteiger partial charge in [0.1, 0.15) is 17.4 Å². The van der Waals surface area contributed by atoms with Crippen LogP contribution in [0.4, 0.5) is 16.3 Å². The summed E-state index contributed by atoms with van der Waals surface area (Å²) in [5, 5.41) is 13.3. The molecule has 4 rings (SSSR count). The Morgan fingerprint density at radius 3 is 2.41 bits per heavy atom. The summed E-state index contributed by atoms with van der Waals surface area (Å²) in [5.74, 6) is 2.02. The van der Waals surface area contributed by atoms with E-state index in [9.17, 15) is 9.90 Å². The van der Waals surface area contributed by atoms with Gasteiger partial charge in [0, 0.05) is 35.8 Å². The second-order valence-corrected chi connectivity index (χ2v) is 9.75. The van der Waals surface area contributed by atoms with Crippen molar-refractivity contribution in [1.82, 2.24) is 14.9 Å². The zero-order valence-corrected chi connectivity index (χ0v) is 20.2. The van der Waals surface area contributed by atoms with Crippen LogP contribution in [0.15, 0.2) is 60.7 Å². The molecule has 0 bridgehead atoms. The van der Waals surface area contributed by atoms with Gasteiger partial charge in [-0.05, 0) is 42.5 Å². The summed E-state index contributed by atoms with van der Waals surface area (Å²) in [5.41, 5.74) is 2.41. The van der Waals surface area contributed by atoms with E-state index >= 15 is 0 Å². The fourth-order valence-electron chi connectivity index (χ4n) is 4.83. The number of ether oxygens (including phenoxy) is 1. The van der Waals surface area contributed by atoms with Crippen LogP contribution in [0, 0.1) is 5.41 Å². The van der Waals surface area contributed by atoms with Crippen molar-refractivity contribution in [3.8, 4) is 17.0 Å². The number of piperidine rings is 1. The van der Waals surface area contributed by atoms with Gasteiger partial charge in [-0.15, -0.1) is 0 Å². The number of nitrogens with zero attached hydrogens (tertiary/aromatic N) is 3. The Labute approximate surface area is 200 Å². The van der Waals surface area contributed by atoms with Crippen LogP contribution in [0.2, 0.25) is 0 Å². The van der Waals surface area contributed by atoms with Gasteiger partial charge in [-0.3, -0.25) is 0 Å². The SMILES string of the molecule is COc1ccc(Nc2cc(-c3ccccc3)nc(C3CCCN(C(=O)O)C3C(C)(C)C)n2)cc1. The topological polar surface area (TPSA) is 87.6 Å². The minimum Gasteiger partial charge on any atom is -0.497 e. The maximum absolute atomic E-state index is 12.1.